The van der Waals surface area contributed by atoms with Crippen molar-refractivity contribution in [2.75, 3.05) is 13.2 Å². The van der Waals surface area contributed by atoms with Crippen LogP contribution in [0.5, 0.6) is 0 Å². The van der Waals surface area contributed by atoms with Crippen LogP contribution in [-0.4, -0.2) is 30.3 Å². The second-order valence-electron chi connectivity index (χ2n) is 5.18. The molecule has 3 rings (SSSR count). The summed E-state index contributed by atoms with van der Waals surface area (Å²) in [6.07, 6.45) is 5.25. The number of H-pyrrole nitrogens is 1. The van der Waals surface area contributed by atoms with E-state index >= 15 is 0 Å². The van der Waals surface area contributed by atoms with Crippen molar-refractivity contribution in [2.45, 2.75) is 31.8 Å². The first-order chi connectivity index (χ1) is 9.83. The summed E-state index contributed by atoms with van der Waals surface area (Å²) in [7, 11) is 0. The summed E-state index contributed by atoms with van der Waals surface area (Å²) >= 11 is 0. The highest BCUT2D eigenvalue weighted by Crippen LogP contribution is 2.19. The summed E-state index contributed by atoms with van der Waals surface area (Å²) in [6, 6.07) is 8.11. The quantitative estimate of drug-likeness (QED) is 0.852. The van der Waals surface area contributed by atoms with Gasteiger partial charge < -0.3 is 14.5 Å². The summed E-state index contributed by atoms with van der Waals surface area (Å²) in [5.41, 5.74) is 2.27. The molecule has 1 aromatic carbocycles. The third kappa shape index (κ3) is 3.02. The predicted molar refractivity (Wildman–Crippen MR) is 76.6 cm³/mol. The first-order valence-corrected chi connectivity index (χ1v) is 7.15. The number of carbonyl (C=O) groups is 1. The summed E-state index contributed by atoms with van der Waals surface area (Å²) in [5.74, 6) is -0.147. The Bertz CT molecular complexity index is 584. The number of fused-ring (bicyclic) bond motifs is 1. The van der Waals surface area contributed by atoms with E-state index in [-0.39, 0.29) is 12.1 Å². The fourth-order valence-corrected chi connectivity index (χ4v) is 2.61. The van der Waals surface area contributed by atoms with Gasteiger partial charge in [0.1, 0.15) is 6.61 Å². The van der Waals surface area contributed by atoms with Crippen LogP contribution in [0.4, 0.5) is 0 Å². The van der Waals surface area contributed by atoms with E-state index in [4.69, 9.17) is 9.47 Å². The van der Waals surface area contributed by atoms with Gasteiger partial charge in [0.2, 0.25) is 0 Å². The molecule has 4 heteroatoms. The van der Waals surface area contributed by atoms with Crippen molar-refractivity contribution in [3.63, 3.8) is 0 Å². The van der Waals surface area contributed by atoms with Crippen LogP contribution < -0.4 is 0 Å². The fourth-order valence-electron chi connectivity index (χ4n) is 2.61. The van der Waals surface area contributed by atoms with Gasteiger partial charge in [-0.15, -0.1) is 0 Å². The summed E-state index contributed by atoms with van der Waals surface area (Å²) in [5, 5.41) is 1.18. The highest BCUT2D eigenvalue weighted by atomic mass is 16.6. The zero-order valence-electron chi connectivity index (χ0n) is 11.4. The van der Waals surface area contributed by atoms with Crippen LogP contribution in [0, 0.1) is 0 Å². The Morgan fingerprint density at radius 1 is 1.40 bits per heavy atom. The van der Waals surface area contributed by atoms with Gasteiger partial charge in [-0.25, -0.2) is 0 Å². The standard InChI is InChI=1S/C16H19NO3/c18-16(20-11-13-4-3-9-19-13)8-7-12-10-17-15-6-2-1-5-14(12)15/h1-2,5-6,10,13,17H,3-4,7-9,11H2/t13-/m0/s1. The van der Waals surface area contributed by atoms with Crippen molar-refractivity contribution in [2.24, 2.45) is 0 Å². The van der Waals surface area contributed by atoms with E-state index in [2.05, 4.69) is 11.1 Å². The molecule has 0 spiro atoms. The molecule has 0 amide bonds. The molecule has 1 aliphatic rings. The Hall–Kier alpha value is -1.81. The van der Waals surface area contributed by atoms with E-state index in [9.17, 15) is 4.79 Å². The molecule has 1 aromatic heterocycles. The number of rotatable bonds is 5. The van der Waals surface area contributed by atoms with Gasteiger partial charge >= 0.3 is 5.97 Å². The Labute approximate surface area is 118 Å². The molecule has 1 saturated heterocycles. The topological polar surface area (TPSA) is 51.3 Å². The molecule has 1 N–H and O–H groups in total. The summed E-state index contributed by atoms with van der Waals surface area (Å²) in [6.45, 7) is 1.18. The first kappa shape index (κ1) is 13.2. The van der Waals surface area contributed by atoms with Crippen LogP contribution in [0.1, 0.15) is 24.8 Å². The Morgan fingerprint density at radius 2 is 2.30 bits per heavy atom. The first-order valence-electron chi connectivity index (χ1n) is 7.15. The van der Waals surface area contributed by atoms with Gasteiger partial charge in [0.25, 0.3) is 0 Å². The van der Waals surface area contributed by atoms with Gasteiger partial charge in [-0.05, 0) is 30.9 Å². The molecule has 0 radical (unpaired) electrons. The van der Waals surface area contributed by atoms with E-state index < -0.39 is 0 Å². The molecule has 4 nitrogen and oxygen atoms in total. The molecule has 0 unspecified atom stereocenters. The van der Waals surface area contributed by atoms with Gasteiger partial charge in [-0.1, -0.05) is 18.2 Å². The van der Waals surface area contributed by atoms with Gasteiger partial charge in [-0.2, -0.15) is 0 Å². The van der Waals surface area contributed by atoms with Crippen molar-refractivity contribution in [1.29, 1.82) is 0 Å². The lowest BCUT2D eigenvalue weighted by Crippen LogP contribution is -2.17. The zero-order chi connectivity index (χ0) is 13.8. The largest absolute Gasteiger partial charge is 0.463 e. The molecule has 2 heterocycles. The third-order valence-electron chi connectivity index (χ3n) is 3.73. The number of esters is 1. The zero-order valence-corrected chi connectivity index (χ0v) is 11.4. The van der Waals surface area contributed by atoms with Crippen LogP contribution in [-0.2, 0) is 20.7 Å². The van der Waals surface area contributed by atoms with E-state index in [1.54, 1.807) is 0 Å². The van der Waals surface area contributed by atoms with Crippen LogP contribution in [0.3, 0.4) is 0 Å². The van der Waals surface area contributed by atoms with E-state index in [0.29, 0.717) is 19.4 Å². The van der Waals surface area contributed by atoms with Crippen molar-refractivity contribution in [3.8, 4) is 0 Å². The number of aryl methyl sites for hydroxylation is 1. The molecular weight excluding hydrogens is 254 g/mol. The number of nitrogens with one attached hydrogen (secondary N) is 1. The SMILES string of the molecule is O=C(CCc1c[nH]c2ccccc12)OC[C@@H]1CCCO1. The summed E-state index contributed by atoms with van der Waals surface area (Å²) < 4.78 is 10.7. The molecule has 2 aromatic rings. The van der Waals surface area contributed by atoms with Crippen molar-refractivity contribution in [3.05, 3.63) is 36.0 Å². The van der Waals surface area contributed by atoms with E-state index in [0.717, 1.165) is 30.5 Å². The van der Waals surface area contributed by atoms with Crippen LogP contribution in [0.2, 0.25) is 0 Å². The molecule has 20 heavy (non-hydrogen) atoms. The molecule has 0 aliphatic carbocycles. The average Bonchev–Trinajstić information content (AvgIpc) is 3.12. The smallest absolute Gasteiger partial charge is 0.306 e. The third-order valence-corrected chi connectivity index (χ3v) is 3.73. The fraction of sp³-hybridized carbons (Fsp3) is 0.438. The lowest BCUT2D eigenvalue weighted by Gasteiger charge is -2.09. The van der Waals surface area contributed by atoms with Gasteiger partial charge in [0.05, 0.1) is 6.10 Å². The minimum atomic E-state index is -0.147. The number of benzene rings is 1. The number of hydrogen-bond acceptors (Lipinski definition) is 3. The van der Waals surface area contributed by atoms with Crippen LogP contribution >= 0.6 is 0 Å². The Balaban J connectivity index is 1.49. The minimum Gasteiger partial charge on any atom is -0.463 e. The number of carbonyl (C=O) groups excluding carboxylic acids is 1. The lowest BCUT2D eigenvalue weighted by atomic mass is 10.1. The van der Waals surface area contributed by atoms with E-state index in [1.807, 2.05) is 24.4 Å². The normalized spacial score (nSPS) is 18.5. The van der Waals surface area contributed by atoms with Crippen molar-refractivity contribution in [1.82, 2.24) is 4.98 Å². The number of para-hydroxylation sites is 1. The number of hydrogen-bond donors (Lipinski definition) is 1. The molecule has 1 aliphatic heterocycles. The van der Waals surface area contributed by atoms with Crippen molar-refractivity contribution >= 4 is 16.9 Å². The molecular formula is C16H19NO3. The van der Waals surface area contributed by atoms with E-state index in [1.165, 1.54) is 5.39 Å². The predicted octanol–water partition coefficient (Wildman–Crippen LogP) is 2.82. The second kappa shape index (κ2) is 6.09. The summed E-state index contributed by atoms with van der Waals surface area (Å²) in [4.78, 5) is 15.0. The average molecular weight is 273 g/mol. The van der Waals surface area contributed by atoms with Gasteiger partial charge in [0, 0.05) is 30.1 Å². The molecule has 1 fully saturated rings. The van der Waals surface area contributed by atoms with Crippen LogP contribution in [0.25, 0.3) is 10.9 Å². The molecule has 106 valence electrons. The van der Waals surface area contributed by atoms with Crippen molar-refractivity contribution < 1.29 is 14.3 Å². The Kier molecular flexibility index (Phi) is 4.02. The highest BCUT2D eigenvalue weighted by Gasteiger charge is 2.17. The molecule has 1 atom stereocenters. The van der Waals surface area contributed by atoms with Gasteiger partial charge in [-0.3, -0.25) is 4.79 Å². The minimum absolute atomic E-state index is 0.104. The maximum Gasteiger partial charge on any atom is 0.306 e. The monoisotopic (exact) mass is 273 g/mol. The maximum atomic E-state index is 11.7. The van der Waals surface area contributed by atoms with Crippen LogP contribution in [0.15, 0.2) is 30.5 Å². The maximum absolute atomic E-state index is 11.7. The number of aromatic nitrogens is 1. The lowest BCUT2D eigenvalue weighted by molar-refractivity contribution is -0.146. The highest BCUT2D eigenvalue weighted by molar-refractivity contribution is 5.83. The number of ether oxygens (including phenoxy) is 2. The Morgan fingerprint density at radius 3 is 3.15 bits per heavy atom. The van der Waals surface area contributed by atoms with Gasteiger partial charge in [0.15, 0.2) is 0 Å². The molecule has 0 saturated carbocycles. The number of aromatic amines is 1. The second-order valence-corrected chi connectivity index (χ2v) is 5.18. The molecule has 0 bridgehead atoms.